The highest BCUT2D eigenvalue weighted by Crippen LogP contribution is 2.22. The molecular weight excluding hydrogens is 304 g/mol. The lowest BCUT2D eigenvalue weighted by Crippen LogP contribution is -1.98. The third-order valence-corrected chi connectivity index (χ3v) is 3.61. The van der Waals surface area contributed by atoms with Gasteiger partial charge in [0.25, 0.3) is 0 Å². The summed E-state index contributed by atoms with van der Waals surface area (Å²) in [6.45, 7) is 0. The molecule has 0 radical (unpaired) electrons. The molecule has 19 heavy (non-hydrogen) atoms. The van der Waals surface area contributed by atoms with Crippen LogP contribution in [0.4, 0.5) is 0 Å². The van der Waals surface area contributed by atoms with E-state index in [0.717, 1.165) is 33.5 Å². The molecule has 3 nitrogen and oxygen atoms in total. The number of para-hydroxylation sites is 1. The second kappa shape index (κ2) is 5.05. The van der Waals surface area contributed by atoms with Crippen molar-refractivity contribution in [3.63, 3.8) is 0 Å². The van der Waals surface area contributed by atoms with Gasteiger partial charge in [0.1, 0.15) is 11.6 Å². The van der Waals surface area contributed by atoms with Crippen molar-refractivity contribution in [1.82, 2.24) is 9.38 Å². The van der Waals surface area contributed by atoms with E-state index in [4.69, 9.17) is 4.74 Å². The summed E-state index contributed by atoms with van der Waals surface area (Å²) in [7, 11) is 1.69. The fraction of sp³-hybridized carbons (Fsp3) is 0.133. The Balaban J connectivity index is 2.01. The zero-order valence-corrected chi connectivity index (χ0v) is 12.1. The van der Waals surface area contributed by atoms with E-state index in [-0.39, 0.29) is 0 Å². The van der Waals surface area contributed by atoms with Gasteiger partial charge in [-0.25, -0.2) is 4.98 Å². The maximum atomic E-state index is 5.38. The van der Waals surface area contributed by atoms with Crippen LogP contribution in [0.2, 0.25) is 0 Å². The summed E-state index contributed by atoms with van der Waals surface area (Å²) in [6, 6.07) is 12.1. The van der Waals surface area contributed by atoms with Gasteiger partial charge in [-0.3, -0.25) is 0 Å². The van der Waals surface area contributed by atoms with Crippen molar-refractivity contribution in [3.05, 3.63) is 64.7 Å². The molecule has 3 aromatic rings. The van der Waals surface area contributed by atoms with Crippen LogP contribution in [0.25, 0.3) is 5.52 Å². The third kappa shape index (κ3) is 2.36. The van der Waals surface area contributed by atoms with Crippen molar-refractivity contribution in [2.45, 2.75) is 6.42 Å². The smallest absolute Gasteiger partial charge is 0.122 e. The maximum Gasteiger partial charge on any atom is 0.122 e. The normalized spacial score (nSPS) is 10.8. The minimum atomic E-state index is 0.750. The zero-order valence-electron chi connectivity index (χ0n) is 10.5. The van der Waals surface area contributed by atoms with E-state index in [9.17, 15) is 0 Å². The number of rotatable bonds is 3. The number of methoxy groups -OCH3 is 1. The highest BCUT2D eigenvalue weighted by molar-refractivity contribution is 9.10. The van der Waals surface area contributed by atoms with E-state index in [0.29, 0.717) is 0 Å². The summed E-state index contributed by atoms with van der Waals surface area (Å²) in [6.07, 6.45) is 4.66. The number of fused-ring (bicyclic) bond motifs is 1. The van der Waals surface area contributed by atoms with Crippen molar-refractivity contribution in [1.29, 1.82) is 0 Å². The van der Waals surface area contributed by atoms with Crippen LogP contribution in [0.5, 0.6) is 5.75 Å². The monoisotopic (exact) mass is 316 g/mol. The molecule has 0 N–H and O–H groups in total. The Morgan fingerprint density at radius 2 is 2.11 bits per heavy atom. The molecule has 3 rings (SSSR count). The molecule has 0 atom stereocenters. The van der Waals surface area contributed by atoms with Gasteiger partial charge >= 0.3 is 0 Å². The number of imidazole rings is 1. The molecule has 0 aliphatic carbocycles. The highest BCUT2D eigenvalue weighted by Gasteiger charge is 2.08. The van der Waals surface area contributed by atoms with Gasteiger partial charge in [0, 0.05) is 22.7 Å². The fourth-order valence-corrected chi connectivity index (χ4v) is 2.53. The van der Waals surface area contributed by atoms with Crippen LogP contribution in [0, 0.1) is 0 Å². The topological polar surface area (TPSA) is 26.5 Å². The number of hydrogen-bond donors (Lipinski definition) is 0. The molecule has 0 aliphatic heterocycles. The Labute approximate surface area is 120 Å². The van der Waals surface area contributed by atoms with Crippen molar-refractivity contribution in [2.75, 3.05) is 7.11 Å². The Morgan fingerprint density at radius 3 is 2.95 bits per heavy atom. The Hall–Kier alpha value is -1.81. The molecule has 0 fully saturated rings. The van der Waals surface area contributed by atoms with E-state index < -0.39 is 0 Å². The molecule has 0 unspecified atom stereocenters. The molecule has 2 heterocycles. The number of aromatic nitrogens is 2. The molecule has 0 saturated carbocycles. The average Bonchev–Trinajstić information content (AvgIpc) is 2.82. The molecule has 1 aromatic carbocycles. The Morgan fingerprint density at radius 1 is 1.26 bits per heavy atom. The van der Waals surface area contributed by atoms with Crippen molar-refractivity contribution < 1.29 is 4.74 Å². The van der Waals surface area contributed by atoms with Crippen LogP contribution in [-0.2, 0) is 6.42 Å². The number of benzene rings is 1. The van der Waals surface area contributed by atoms with Gasteiger partial charge in [0.2, 0.25) is 0 Å². The number of pyridine rings is 1. The molecule has 0 amide bonds. The summed E-state index contributed by atoms with van der Waals surface area (Å²) < 4.78 is 8.53. The standard InChI is InChI=1S/C15H13BrN2O/c1-19-14-5-3-2-4-11(14)8-15-17-10-13-9-12(16)6-7-18(13)15/h2-7,9-10H,8H2,1H3. The lowest BCUT2D eigenvalue weighted by molar-refractivity contribution is 0.410. The van der Waals surface area contributed by atoms with Gasteiger partial charge in [-0.1, -0.05) is 34.1 Å². The first-order valence-corrected chi connectivity index (χ1v) is 6.80. The number of hydrogen-bond acceptors (Lipinski definition) is 2. The van der Waals surface area contributed by atoms with E-state index in [1.807, 2.05) is 36.7 Å². The van der Waals surface area contributed by atoms with Crippen LogP contribution >= 0.6 is 15.9 Å². The van der Waals surface area contributed by atoms with Gasteiger partial charge < -0.3 is 9.14 Å². The zero-order chi connectivity index (χ0) is 13.2. The van der Waals surface area contributed by atoms with Crippen LogP contribution in [-0.4, -0.2) is 16.5 Å². The minimum absolute atomic E-state index is 0.750. The van der Waals surface area contributed by atoms with Crippen molar-refractivity contribution in [2.24, 2.45) is 0 Å². The van der Waals surface area contributed by atoms with E-state index in [1.165, 1.54) is 0 Å². The second-order valence-electron chi connectivity index (χ2n) is 4.30. The van der Waals surface area contributed by atoms with Crippen molar-refractivity contribution in [3.8, 4) is 5.75 Å². The Bertz CT molecular complexity index is 721. The molecule has 0 bridgehead atoms. The van der Waals surface area contributed by atoms with E-state index in [2.05, 4.69) is 37.4 Å². The Kier molecular flexibility index (Phi) is 3.25. The predicted octanol–water partition coefficient (Wildman–Crippen LogP) is 3.70. The lowest BCUT2D eigenvalue weighted by Gasteiger charge is -2.07. The third-order valence-electron chi connectivity index (χ3n) is 3.11. The van der Waals surface area contributed by atoms with Gasteiger partial charge in [0.15, 0.2) is 0 Å². The molecule has 2 aromatic heterocycles. The predicted molar refractivity (Wildman–Crippen MR) is 78.7 cm³/mol. The van der Waals surface area contributed by atoms with Crippen molar-refractivity contribution >= 4 is 21.4 Å². The summed E-state index contributed by atoms with van der Waals surface area (Å²) in [5.41, 5.74) is 2.22. The van der Waals surface area contributed by atoms with Gasteiger partial charge in [-0.05, 0) is 18.2 Å². The summed E-state index contributed by atoms with van der Waals surface area (Å²) in [5.74, 6) is 1.91. The highest BCUT2D eigenvalue weighted by atomic mass is 79.9. The number of halogens is 1. The minimum Gasteiger partial charge on any atom is -0.496 e. The molecule has 96 valence electrons. The summed E-state index contributed by atoms with van der Waals surface area (Å²) in [5, 5.41) is 0. The van der Waals surface area contributed by atoms with Gasteiger partial charge in [0.05, 0.1) is 18.8 Å². The van der Waals surface area contributed by atoms with E-state index >= 15 is 0 Å². The maximum absolute atomic E-state index is 5.38. The number of nitrogens with zero attached hydrogens (tertiary/aromatic N) is 2. The lowest BCUT2D eigenvalue weighted by atomic mass is 10.1. The average molecular weight is 317 g/mol. The molecule has 4 heteroatoms. The summed E-state index contributed by atoms with van der Waals surface area (Å²) >= 11 is 3.47. The molecular formula is C15H13BrN2O. The quantitative estimate of drug-likeness (QED) is 0.736. The number of ether oxygens (including phenoxy) is 1. The molecule has 0 aliphatic rings. The molecule has 0 spiro atoms. The van der Waals surface area contributed by atoms with Gasteiger partial charge in [-0.15, -0.1) is 0 Å². The largest absolute Gasteiger partial charge is 0.496 e. The molecule has 0 saturated heterocycles. The van der Waals surface area contributed by atoms with E-state index in [1.54, 1.807) is 7.11 Å². The van der Waals surface area contributed by atoms with Crippen LogP contribution in [0.3, 0.4) is 0 Å². The summed E-state index contributed by atoms with van der Waals surface area (Å²) in [4.78, 5) is 4.49. The fourth-order valence-electron chi connectivity index (χ4n) is 2.18. The SMILES string of the molecule is COc1ccccc1Cc1ncc2cc(Br)ccn12. The first-order valence-electron chi connectivity index (χ1n) is 6.01. The van der Waals surface area contributed by atoms with Crippen LogP contribution in [0.1, 0.15) is 11.4 Å². The van der Waals surface area contributed by atoms with Gasteiger partial charge in [-0.2, -0.15) is 0 Å². The van der Waals surface area contributed by atoms with Crippen LogP contribution in [0.15, 0.2) is 53.3 Å². The second-order valence-corrected chi connectivity index (χ2v) is 5.22. The first-order chi connectivity index (χ1) is 9.28. The van der Waals surface area contributed by atoms with Crippen LogP contribution < -0.4 is 4.74 Å². The first kappa shape index (κ1) is 12.2.